The fourth-order valence-corrected chi connectivity index (χ4v) is 1.76. The first kappa shape index (κ1) is 15.2. The monoisotopic (exact) mass is 235 g/mol. The number of aliphatic hydroxyl groups is 1. The number of ether oxygens (including phenoxy) is 1. The van der Waals surface area contributed by atoms with Crippen LogP contribution in [-0.4, -0.2) is 49.5 Å². The Morgan fingerprint density at radius 3 is 2.73 bits per heavy atom. The first-order valence-corrected chi connectivity index (χ1v) is 6.93. The van der Waals surface area contributed by atoms with Crippen molar-refractivity contribution in [1.82, 2.24) is 5.32 Å². The molecule has 92 valence electrons. The van der Waals surface area contributed by atoms with E-state index in [2.05, 4.69) is 11.6 Å². The van der Waals surface area contributed by atoms with Crippen LogP contribution in [0.3, 0.4) is 0 Å². The summed E-state index contributed by atoms with van der Waals surface area (Å²) in [5.74, 6) is 1.22. The molecule has 0 bridgehead atoms. The summed E-state index contributed by atoms with van der Waals surface area (Å²) in [7, 11) is 1.66. The number of hydrogen-bond acceptors (Lipinski definition) is 4. The van der Waals surface area contributed by atoms with Crippen LogP contribution in [0.5, 0.6) is 0 Å². The van der Waals surface area contributed by atoms with E-state index in [0.29, 0.717) is 19.6 Å². The van der Waals surface area contributed by atoms with Crippen LogP contribution in [0.1, 0.15) is 26.2 Å². The van der Waals surface area contributed by atoms with Gasteiger partial charge in [0.2, 0.25) is 0 Å². The van der Waals surface area contributed by atoms with Gasteiger partial charge in [-0.15, -0.1) is 0 Å². The first-order valence-electron chi connectivity index (χ1n) is 5.53. The minimum absolute atomic E-state index is 0.612. The standard InChI is InChI=1S/C11H25NO2S/c1-11(13,6-8-14-2)10-12-7-4-5-9-15-3/h12-13H,4-10H2,1-3H3. The number of rotatable bonds is 10. The lowest BCUT2D eigenvalue weighted by atomic mass is 10.0. The van der Waals surface area contributed by atoms with Crippen molar-refractivity contribution in [3.8, 4) is 0 Å². The van der Waals surface area contributed by atoms with Crippen LogP contribution >= 0.6 is 11.8 Å². The highest BCUT2D eigenvalue weighted by Crippen LogP contribution is 2.07. The van der Waals surface area contributed by atoms with Crippen molar-refractivity contribution in [2.45, 2.75) is 31.8 Å². The molecule has 0 radical (unpaired) electrons. The van der Waals surface area contributed by atoms with Crippen molar-refractivity contribution in [3.63, 3.8) is 0 Å². The first-order chi connectivity index (χ1) is 7.12. The quantitative estimate of drug-likeness (QED) is 0.563. The molecular formula is C11H25NO2S. The van der Waals surface area contributed by atoms with Crippen molar-refractivity contribution in [1.29, 1.82) is 0 Å². The van der Waals surface area contributed by atoms with Gasteiger partial charge in [0.15, 0.2) is 0 Å². The zero-order valence-corrected chi connectivity index (χ0v) is 11.0. The number of thioether (sulfide) groups is 1. The van der Waals surface area contributed by atoms with E-state index in [0.717, 1.165) is 6.54 Å². The highest BCUT2D eigenvalue weighted by Gasteiger charge is 2.18. The van der Waals surface area contributed by atoms with Gasteiger partial charge in [-0.2, -0.15) is 11.8 Å². The largest absolute Gasteiger partial charge is 0.389 e. The molecule has 0 aromatic rings. The van der Waals surface area contributed by atoms with Crippen LogP contribution in [-0.2, 0) is 4.74 Å². The molecule has 4 heteroatoms. The van der Waals surface area contributed by atoms with E-state index in [1.54, 1.807) is 7.11 Å². The Hall–Kier alpha value is 0.230. The van der Waals surface area contributed by atoms with Crippen molar-refractivity contribution in [2.24, 2.45) is 0 Å². The van der Waals surface area contributed by atoms with Crippen LogP contribution in [0.4, 0.5) is 0 Å². The van der Waals surface area contributed by atoms with Gasteiger partial charge in [0.05, 0.1) is 5.60 Å². The molecule has 0 aliphatic heterocycles. The SMILES string of the molecule is COCCC(C)(O)CNCCCCSC. The molecule has 2 N–H and O–H groups in total. The highest BCUT2D eigenvalue weighted by atomic mass is 32.2. The molecule has 0 amide bonds. The summed E-state index contributed by atoms with van der Waals surface area (Å²) in [5, 5.41) is 13.2. The van der Waals surface area contributed by atoms with Gasteiger partial charge in [-0.25, -0.2) is 0 Å². The third-order valence-electron chi connectivity index (χ3n) is 2.30. The van der Waals surface area contributed by atoms with Gasteiger partial charge in [-0.1, -0.05) is 0 Å². The van der Waals surface area contributed by atoms with Crippen molar-refractivity contribution in [3.05, 3.63) is 0 Å². The minimum atomic E-state index is -0.643. The predicted molar refractivity (Wildman–Crippen MR) is 67.6 cm³/mol. The molecule has 0 aliphatic carbocycles. The number of hydrogen-bond donors (Lipinski definition) is 2. The topological polar surface area (TPSA) is 41.5 Å². The zero-order valence-electron chi connectivity index (χ0n) is 10.2. The van der Waals surface area contributed by atoms with Crippen molar-refractivity contribution in [2.75, 3.05) is 38.8 Å². The Balaban J connectivity index is 3.32. The van der Waals surface area contributed by atoms with Crippen LogP contribution < -0.4 is 5.32 Å². The molecule has 1 atom stereocenters. The van der Waals surface area contributed by atoms with Crippen LogP contribution in [0, 0.1) is 0 Å². The molecule has 0 saturated carbocycles. The lowest BCUT2D eigenvalue weighted by Crippen LogP contribution is -2.39. The normalized spacial score (nSPS) is 15.2. The van der Waals surface area contributed by atoms with Gasteiger partial charge >= 0.3 is 0 Å². The van der Waals surface area contributed by atoms with Crippen molar-refractivity contribution >= 4 is 11.8 Å². The van der Waals surface area contributed by atoms with E-state index in [1.165, 1.54) is 18.6 Å². The van der Waals surface area contributed by atoms with Gasteiger partial charge in [0, 0.05) is 26.7 Å². The smallest absolute Gasteiger partial charge is 0.0765 e. The molecule has 0 aromatic heterocycles. The molecular weight excluding hydrogens is 210 g/mol. The third kappa shape index (κ3) is 10.5. The summed E-state index contributed by atoms with van der Waals surface area (Å²) in [5.41, 5.74) is -0.643. The molecule has 0 heterocycles. The maximum Gasteiger partial charge on any atom is 0.0765 e. The summed E-state index contributed by atoms with van der Waals surface area (Å²) in [6.45, 7) is 4.10. The van der Waals surface area contributed by atoms with Gasteiger partial charge in [0.25, 0.3) is 0 Å². The van der Waals surface area contributed by atoms with Gasteiger partial charge in [-0.05, 0) is 38.3 Å². The molecule has 15 heavy (non-hydrogen) atoms. The molecule has 1 unspecified atom stereocenters. The third-order valence-corrected chi connectivity index (χ3v) is 3.00. The van der Waals surface area contributed by atoms with Crippen LogP contribution in [0.2, 0.25) is 0 Å². The average Bonchev–Trinajstić information content (AvgIpc) is 2.20. The summed E-state index contributed by atoms with van der Waals surface area (Å²) in [6.07, 6.45) is 5.24. The minimum Gasteiger partial charge on any atom is -0.389 e. The van der Waals surface area contributed by atoms with Gasteiger partial charge in [0.1, 0.15) is 0 Å². The zero-order chi connectivity index (χ0) is 11.6. The Labute approximate surface area is 98.0 Å². The number of unbranched alkanes of at least 4 members (excludes halogenated alkanes) is 1. The Kier molecular flexibility index (Phi) is 9.60. The Morgan fingerprint density at radius 1 is 1.40 bits per heavy atom. The second-order valence-corrected chi connectivity index (χ2v) is 5.10. The summed E-state index contributed by atoms with van der Waals surface area (Å²) in [4.78, 5) is 0. The van der Waals surface area contributed by atoms with Crippen LogP contribution in [0.25, 0.3) is 0 Å². The summed E-state index contributed by atoms with van der Waals surface area (Å²) in [6, 6.07) is 0. The fraction of sp³-hybridized carbons (Fsp3) is 1.00. The predicted octanol–water partition coefficient (Wildman–Crippen LogP) is 1.51. The fourth-order valence-electron chi connectivity index (χ4n) is 1.26. The lowest BCUT2D eigenvalue weighted by Gasteiger charge is -2.23. The van der Waals surface area contributed by atoms with E-state index in [-0.39, 0.29) is 0 Å². The average molecular weight is 235 g/mol. The Morgan fingerprint density at radius 2 is 2.13 bits per heavy atom. The summed E-state index contributed by atoms with van der Waals surface area (Å²) < 4.78 is 4.95. The van der Waals surface area contributed by atoms with Crippen LogP contribution in [0.15, 0.2) is 0 Å². The number of nitrogens with one attached hydrogen (secondary N) is 1. The van der Waals surface area contributed by atoms with Gasteiger partial charge in [-0.3, -0.25) is 0 Å². The van der Waals surface area contributed by atoms with Crippen molar-refractivity contribution < 1.29 is 9.84 Å². The highest BCUT2D eigenvalue weighted by molar-refractivity contribution is 7.98. The van der Waals surface area contributed by atoms with E-state index < -0.39 is 5.60 Å². The second kappa shape index (κ2) is 9.46. The summed E-state index contributed by atoms with van der Waals surface area (Å²) >= 11 is 1.88. The molecule has 0 saturated heterocycles. The maximum absolute atomic E-state index is 9.90. The molecule has 0 rings (SSSR count). The number of methoxy groups -OCH3 is 1. The van der Waals surface area contributed by atoms with E-state index in [9.17, 15) is 5.11 Å². The maximum atomic E-state index is 9.90. The van der Waals surface area contributed by atoms with E-state index >= 15 is 0 Å². The molecule has 0 fully saturated rings. The second-order valence-electron chi connectivity index (χ2n) is 4.12. The van der Waals surface area contributed by atoms with E-state index in [1.807, 2.05) is 18.7 Å². The molecule has 0 aromatic carbocycles. The molecule has 3 nitrogen and oxygen atoms in total. The molecule has 0 aliphatic rings. The Bertz CT molecular complexity index is 143. The lowest BCUT2D eigenvalue weighted by molar-refractivity contribution is 0.0251. The van der Waals surface area contributed by atoms with E-state index in [4.69, 9.17) is 4.74 Å². The van der Waals surface area contributed by atoms with Gasteiger partial charge < -0.3 is 15.2 Å². The molecule has 0 spiro atoms.